The van der Waals surface area contributed by atoms with Crippen LogP contribution >= 0.6 is 0 Å². The Morgan fingerprint density at radius 1 is 1.11 bits per heavy atom. The van der Waals surface area contributed by atoms with Crippen LogP contribution in [-0.2, 0) is 23.2 Å². The number of hydrogen-bond donors (Lipinski definition) is 1. The van der Waals surface area contributed by atoms with E-state index in [2.05, 4.69) is 10.3 Å². The molecule has 0 aromatic carbocycles. The Morgan fingerprint density at radius 3 is 2.63 bits per heavy atom. The van der Waals surface area contributed by atoms with Crippen molar-refractivity contribution in [2.75, 3.05) is 7.05 Å². The smallest absolute Gasteiger partial charge is 0.410 e. The summed E-state index contributed by atoms with van der Waals surface area (Å²) >= 11 is 0. The lowest BCUT2D eigenvalue weighted by molar-refractivity contribution is -0.143. The molecule has 38 heavy (non-hydrogen) atoms. The summed E-state index contributed by atoms with van der Waals surface area (Å²) in [4.78, 5) is 31.1. The first kappa shape index (κ1) is 25.1. The van der Waals surface area contributed by atoms with Crippen molar-refractivity contribution in [2.45, 2.75) is 88.9 Å². The SMILES string of the molecule is CN(C(=O)OCc1c(-c2ccc(O[C@H]3CCC[C@H](C(=O)O)C3)c(C3CC3)n2)nnn1C)C1CCC2CC1C2. The topological polar surface area (TPSA) is 120 Å². The fourth-order valence-electron chi connectivity index (χ4n) is 6.59. The van der Waals surface area contributed by atoms with Gasteiger partial charge in [-0.05, 0) is 88.2 Å². The maximum absolute atomic E-state index is 12.9. The van der Waals surface area contributed by atoms with Crippen molar-refractivity contribution in [2.24, 2.45) is 24.8 Å². The minimum absolute atomic E-state index is 0.0688. The Morgan fingerprint density at radius 2 is 1.92 bits per heavy atom. The van der Waals surface area contributed by atoms with Gasteiger partial charge in [0.15, 0.2) is 0 Å². The minimum Gasteiger partial charge on any atom is -0.488 e. The third-order valence-corrected chi connectivity index (χ3v) is 9.11. The van der Waals surface area contributed by atoms with Crippen molar-refractivity contribution < 1.29 is 24.2 Å². The van der Waals surface area contributed by atoms with E-state index in [0.29, 0.717) is 41.8 Å². The van der Waals surface area contributed by atoms with Crippen LogP contribution in [0.3, 0.4) is 0 Å². The predicted molar refractivity (Wildman–Crippen MR) is 137 cm³/mol. The predicted octanol–water partition coefficient (Wildman–Crippen LogP) is 4.53. The largest absolute Gasteiger partial charge is 0.488 e. The van der Waals surface area contributed by atoms with Crippen molar-refractivity contribution in [3.05, 3.63) is 23.5 Å². The molecular weight excluding hydrogens is 486 g/mol. The summed E-state index contributed by atoms with van der Waals surface area (Å²) in [7, 11) is 3.64. The standard InChI is InChI=1S/C28H37N5O5/c1-32(22-10-6-16-12-19(22)13-16)28(36)37-15-23-26(30-31-33(23)2)21-9-11-24(25(29-21)17-7-8-17)38-20-5-3-4-18(14-20)27(34)35/h9,11,16-20,22H,3-8,10,12-15H2,1-2H3,(H,34,35)/t16?,18-,19?,20-,22?/m0/s1. The highest BCUT2D eigenvalue weighted by atomic mass is 16.6. The Balaban J connectivity index is 1.16. The molecule has 5 aliphatic rings. The number of carboxylic acid groups (broad SMARTS) is 1. The first-order valence-corrected chi connectivity index (χ1v) is 14.1. The van der Waals surface area contributed by atoms with Gasteiger partial charge in [0, 0.05) is 26.1 Å². The number of nitrogens with zero attached hydrogens (tertiary/aromatic N) is 5. The Labute approximate surface area is 222 Å². The molecule has 5 fully saturated rings. The molecule has 0 aliphatic heterocycles. The van der Waals surface area contributed by atoms with Crippen molar-refractivity contribution in [1.29, 1.82) is 0 Å². The van der Waals surface area contributed by atoms with Crippen LogP contribution in [0.15, 0.2) is 12.1 Å². The molecular formula is C28H37N5O5. The molecule has 3 atom stereocenters. The van der Waals surface area contributed by atoms with E-state index in [1.54, 1.807) is 16.6 Å². The normalized spacial score (nSPS) is 28.3. The maximum Gasteiger partial charge on any atom is 0.410 e. The molecule has 2 bridgehead atoms. The van der Waals surface area contributed by atoms with Crippen LogP contribution < -0.4 is 4.74 Å². The number of hydrogen-bond acceptors (Lipinski definition) is 7. The molecule has 1 amide bonds. The van der Waals surface area contributed by atoms with Crippen LogP contribution in [0.25, 0.3) is 11.4 Å². The molecule has 0 radical (unpaired) electrons. The van der Waals surface area contributed by atoms with Gasteiger partial charge in [0.2, 0.25) is 0 Å². The number of rotatable bonds is 8. The highest BCUT2D eigenvalue weighted by molar-refractivity contribution is 5.70. The number of ether oxygens (including phenoxy) is 2. The molecule has 204 valence electrons. The van der Waals surface area contributed by atoms with E-state index >= 15 is 0 Å². The lowest BCUT2D eigenvalue weighted by atomic mass is 9.62. The minimum atomic E-state index is -0.744. The average Bonchev–Trinajstić information content (AvgIpc) is 3.69. The molecule has 5 saturated carbocycles. The first-order valence-electron chi connectivity index (χ1n) is 14.1. The number of fused-ring (bicyclic) bond motifs is 2. The highest BCUT2D eigenvalue weighted by Crippen LogP contribution is 2.47. The Kier molecular flexibility index (Phi) is 6.74. The summed E-state index contributed by atoms with van der Waals surface area (Å²) in [5, 5.41) is 18.0. The summed E-state index contributed by atoms with van der Waals surface area (Å²) in [6.45, 7) is 0.0688. The number of carbonyl (C=O) groups is 2. The summed E-state index contributed by atoms with van der Waals surface area (Å²) in [6.07, 6.45) is 9.33. The van der Waals surface area contributed by atoms with Gasteiger partial charge < -0.3 is 19.5 Å². The lowest BCUT2D eigenvalue weighted by Gasteiger charge is -2.49. The van der Waals surface area contributed by atoms with E-state index in [9.17, 15) is 14.7 Å². The molecule has 2 heterocycles. The summed E-state index contributed by atoms with van der Waals surface area (Å²) in [6, 6.07) is 4.06. The molecule has 2 aromatic heterocycles. The summed E-state index contributed by atoms with van der Waals surface area (Å²) < 4.78 is 13.7. The molecule has 1 unspecified atom stereocenters. The zero-order valence-corrected chi connectivity index (χ0v) is 22.2. The number of aryl methyl sites for hydroxylation is 1. The van der Waals surface area contributed by atoms with Gasteiger partial charge in [-0.2, -0.15) is 0 Å². The van der Waals surface area contributed by atoms with Crippen LogP contribution in [0.4, 0.5) is 4.79 Å². The molecule has 10 heteroatoms. The van der Waals surface area contributed by atoms with Gasteiger partial charge in [-0.1, -0.05) is 5.21 Å². The van der Waals surface area contributed by atoms with Crippen LogP contribution in [0.1, 0.15) is 81.5 Å². The molecule has 10 nitrogen and oxygen atoms in total. The van der Waals surface area contributed by atoms with Crippen LogP contribution in [0.5, 0.6) is 5.75 Å². The van der Waals surface area contributed by atoms with Crippen LogP contribution in [-0.4, -0.2) is 61.2 Å². The third kappa shape index (κ3) is 4.97. The third-order valence-electron chi connectivity index (χ3n) is 9.11. The van der Waals surface area contributed by atoms with Gasteiger partial charge in [0.25, 0.3) is 0 Å². The van der Waals surface area contributed by atoms with E-state index < -0.39 is 5.97 Å². The van der Waals surface area contributed by atoms with E-state index in [-0.39, 0.29) is 30.8 Å². The second-order valence-electron chi connectivity index (χ2n) is 11.7. The molecule has 0 spiro atoms. The fourth-order valence-corrected chi connectivity index (χ4v) is 6.59. The van der Waals surface area contributed by atoms with E-state index in [4.69, 9.17) is 14.5 Å². The molecule has 5 aliphatic carbocycles. The maximum atomic E-state index is 12.9. The molecule has 1 N–H and O–H groups in total. The molecule has 0 saturated heterocycles. The number of aromatic nitrogens is 4. The summed E-state index contributed by atoms with van der Waals surface area (Å²) in [5.41, 5.74) is 2.86. The summed E-state index contributed by atoms with van der Waals surface area (Å²) in [5.74, 6) is 1.44. The zero-order valence-electron chi connectivity index (χ0n) is 22.2. The number of aliphatic carboxylic acids is 1. The number of carboxylic acids is 1. The Bertz CT molecular complexity index is 1200. The first-order chi connectivity index (χ1) is 18.4. The fraction of sp³-hybridized carbons (Fsp3) is 0.679. The van der Waals surface area contributed by atoms with Gasteiger partial charge in [0.05, 0.1) is 23.4 Å². The van der Waals surface area contributed by atoms with Crippen molar-refractivity contribution in [3.8, 4) is 17.1 Å². The highest BCUT2D eigenvalue weighted by Gasteiger charge is 2.43. The molecule has 2 aromatic rings. The van der Waals surface area contributed by atoms with Crippen molar-refractivity contribution in [3.63, 3.8) is 0 Å². The lowest BCUT2D eigenvalue weighted by Crippen LogP contribution is -2.50. The second-order valence-corrected chi connectivity index (χ2v) is 11.7. The number of amides is 1. The van der Waals surface area contributed by atoms with Gasteiger partial charge in [0.1, 0.15) is 23.7 Å². The second kappa shape index (κ2) is 10.2. The van der Waals surface area contributed by atoms with E-state index in [1.165, 1.54) is 19.3 Å². The van der Waals surface area contributed by atoms with Gasteiger partial charge in [-0.15, -0.1) is 5.10 Å². The average molecular weight is 524 g/mol. The molecule has 7 rings (SSSR count). The van der Waals surface area contributed by atoms with Crippen molar-refractivity contribution >= 4 is 12.1 Å². The van der Waals surface area contributed by atoms with E-state index in [1.807, 2.05) is 19.2 Å². The van der Waals surface area contributed by atoms with Gasteiger partial charge in [-0.3, -0.25) is 4.79 Å². The van der Waals surface area contributed by atoms with Gasteiger partial charge >= 0.3 is 12.1 Å². The Hall–Kier alpha value is -3.17. The van der Waals surface area contributed by atoms with E-state index in [0.717, 1.165) is 49.5 Å². The van der Waals surface area contributed by atoms with Crippen LogP contribution in [0, 0.1) is 17.8 Å². The van der Waals surface area contributed by atoms with Crippen molar-refractivity contribution in [1.82, 2.24) is 24.9 Å². The quantitative estimate of drug-likeness (QED) is 0.536. The number of pyridine rings is 1. The monoisotopic (exact) mass is 523 g/mol. The van der Waals surface area contributed by atoms with Crippen LogP contribution in [0.2, 0.25) is 0 Å². The zero-order chi connectivity index (χ0) is 26.4. The number of carbonyl (C=O) groups excluding carboxylic acids is 1. The van der Waals surface area contributed by atoms with Gasteiger partial charge in [-0.25, -0.2) is 14.5 Å².